The summed E-state index contributed by atoms with van der Waals surface area (Å²) in [6.45, 7) is 8.75. The molecule has 0 N–H and O–H groups in total. The van der Waals surface area contributed by atoms with Gasteiger partial charge in [0.25, 0.3) is 0 Å². The van der Waals surface area contributed by atoms with E-state index >= 15 is 0 Å². The first-order valence-electron chi connectivity index (χ1n) is 4.22. The predicted molar refractivity (Wildman–Crippen MR) is 41.9 cm³/mol. The Labute approximate surface area is 63.2 Å². The van der Waals surface area contributed by atoms with E-state index in [0.717, 1.165) is 19.5 Å². The Morgan fingerprint density at radius 2 is 1.80 bits per heavy atom. The van der Waals surface area contributed by atoms with Crippen LogP contribution in [0.5, 0.6) is 0 Å². The third-order valence-corrected chi connectivity index (χ3v) is 2.13. The summed E-state index contributed by atoms with van der Waals surface area (Å²) in [5.74, 6) is 0. The maximum atomic E-state index is 5.44. The van der Waals surface area contributed by atoms with Crippen LogP contribution in [-0.2, 0) is 4.74 Å². The second-order valence-electron chi connectivity index (χ2n) is 2.69. The summed E-state index contributed by atoms with van der Waals surface area (Å²) in [6.07, 6.45) is 2.13. The van der Waals surface area contributed by atoms with Gasteiger partial charge in [-0.05, 0) is 19.5 Å². The standard InChI is InChI=1S/C8H17NO/c1-4-7-8(10-7)9(5-2)6-3/h7-8H,4-6H2,1-3H3. The molecule has 0 saturated carbocycles. The van der Waals surface area contributed by atoms with Crippen LogP contribution in [-0.4, -0.2) is 30.3 Å². The molecule has 1 aliphatic rings. The zero-order valence-electron chi connectivity index (χ0n) is 7.13. The van der Waals surface area contributed by atoms with Gasteiger partial charge in [-0.15, -0.1) is 0 Å². The van der Waals surface area contributed by atoms with Gasteiger partial charge in [0, 0.05) is 0 Å². The molecule has 1 aliphatic heterocycles. The summed E-state index contributed by atoms with van der Waals surface area (Å²) in [5, 5.41) is 0. The van der Waals surface area contributed by atoms with E-state index in [1.165, 1.54) is 0 Å². The van der Waals surface area contributed by atoms with E-state index in [0.29, 0.717) is 12.3 Å². The largest absolute Gasteiger partial charge is 0.353 e. The number of ether oxygens (including phenoxy) is 1. The Bertz CT molecular complexity index is 101. The number of hydrogen-bond donors (Lipinski definition) is 0. The summed E-state index contributed by atoms with van der Waals surface area (Å²) >= 11 is 0. The van der Waals surface area contributed by atoms with Crippen molar-refractivity contribution in [3.05, 3.63) is 0 Å². The molecule has 0 aromatic heterocycles. The van der Waals surface area contributed by atoms with Gasteiger partial charge in [-0.1, -0.05) is 20.8 Å². The van der Waals surface area contributed by atoms with Gasteiger partial charge in [0.2, 0.25) is 0 Å². The minimum absolute atomic E-state index is 0.444. The highest BCUT2D eigenvalue weighted by molar-refractivity contribution is 4.82. The first-order chi connectivity index (χ1) is 4.83. The molecule has 2 heteroatoms. The lowest BCUT2D eigenvalue weighted by Gasteiger charge is -2.14. The molecule has 1 heterocycles. The van der Waals surface area contributed by atoms with Gasteiger partial charge in [-0.25, -0.2) is 0 Å². The minimum atomic E-state index is 0.444. The van der Waals surface area contributed by atoms with Crippen LogP contribution in [0, 0.1) is 0 Å². The van der Waals surface area contributed by atoms with Crippen LogP contribution >= 0.6 is 0 Å². The van der Waals surface area contributed by atoms with Crippen molar-refractivity contribution in [1.29, 1.82) is 0 Å². The number of rotatable bonds is 4. The Kier molecular flexibility index (Phi) is 2.69. The highest BCUT2D eigenvalue weighted by Gasteiger charge is 2.40. The fraction of sp³-hybridized carbons (Fsp3) is 1.00. The summed E-state index contributed by atoms with van der Waals surface area (Å²) in [4.78, 5) is 2.36. The van der Waals surface area contributed by atoms with Gasteiger partial charge < -0.3 is 4.74 Å². The average Bonchev–Trinajstić information content (AvgIpc) is 2.70. The molecular weight excluding hydrogens is 126 g/mol. The minimum Gasteiger partial charge on any atom is -0.353 e. The first kappa shape index (κ1) is 8.02. The van der Waals surface area contributed by atoms with Crippen molar-refractivity contribution in [2.45, 2.75) is 39.5 Å². The molecule has 0 aliphatic carbocycles. The lowest BCUT2D eigenvalue weighted by molar-refractivity contribution is 0.191. The van der Waals surface area contributed by atoms with Crippen LogP contribution in [0.4, 0.5) is 0 Å². The van der Waals surface area contributed by atoms with Gasteiger partial charge in [-0.2, -0.15) is 0 Å². The van der Waals surface area contributed by atoms with Crippen molar-refractivity contribution in [3.63, 3.8) is 0 Å². The van der Waals surface area contributed by atoms with E-state index in [9.17, 15) is 0 Å². The fourth-order valence-corrected chi connectivity index (χ4v) is 1.34. The van der Waals surface area contributed by atoms with Gasteiger partial charge >= 0.3 is 0 Å². The highest BCUT2D eigenvalue weighted by Crippen LogP contribution is 2.27. The Hall–Kier alpha value is -0.0800. The summed E-state index contributed by atoms with van der Waals surface area (Å²) < 4.78 is 5.44. The van der Waals surface area contributed by atoms with Crippen LogP contribution in [0.25, 0.3) is 0 Å². The maximum Gasteiger partial charge on any atom is 0.137 e. The molecule has 1 fully saturated rings. The van der Waals surface area contributed by atoms with Gasteiger partial charge in [0.15, 0.2) is 0 Å². The quantitative estimate of drug-likeness (QED) is 0.554. The number of likely N-dealkylation sites (N-methyl/N-ethyl adjacent to an activating group) is 1. The van der Waals surface area contributed by atoms with Crippen molar-refractivity contribution < 1.29 is 4.74 Å². The van der Waals surface area contributed by atoms with Crippen LogP contribution < -0.4 is 0 Å². The first-order valence-corrected chi connectivity index (χ1v) is 4.22. The number of nitrogens with zero attached hydrogens (tertiary/aromatic N) is 1. The molecule has 1 rings (SSSR count). The van der Waals surface area contributed by atoms with Gasteiger partial charge in [0.1, 0.15) is 6.23 Å². The summed E-state index contributed by atoms with van der Waals surface area (Å²) in [7, 11) is 0. The zero-order chi connectivity index (χ0) is 7.56. The molecule has 1 saturated heterocycles. The van der Waals surface area contributed by atoms with E-state index in [1.54, 1.807) is 0 Å². The Balaban J connectivity index is 2.22. The average molecular weight is 143 g/mol. The third kappa shape index (κ3) is 1.50. The predicted octanol–water partition coefficient (Wildman–Crippen LogP) is 1.46. The van der Waals surface area contributed by atoms with Crippen molar-refractivity contribution in [2.24, 2.45) is 0 Å². The number of hydrogen-bond acceptors (Lipinski definition) is 2. The molecule has 2 nitrogen and oxygen atoms in total. The fourth-order valence-electron chi connectivity index (χ4n) is 1.34. The molecule has 60 valence electrons. The van der Waals surface area contributed by atoms with Crippen molar-refractivity contribution in [2.75, 3.05) is 13.1 Å². The van der Waals surface area contributed by atoms with Crippen LogP contribution in [0.1, 0.15) is 27.2 Å². The smallest absolute Gasteiger partial charge is 0.137 e. The molecule has 10 heavy (non-hydrogen) atoms. The summed E-state index contributed by atoms with van der Waals surface area (Å²) in [5.41, 5.74) is 0. The second kappa shape index (κ2) is 3.35. The lowest BCUT2D eigenvalue weighted by Crippen LogP contribution is -2.27. The third-order valence-electron chi connectivity index (χ3n) is 2.13. The topological polar surface area (TPSA) is 15.8 Å². The summed E-state index contributed by atoms with van der Waals surface area (Å²) in [6, 6.07) is 0. The van der Waals surface area contributed by atoms with E-state index in [1.807, 2.05) is 0 Å². The van der Waals surface area contributed by atoms with Crippen LogP contribution in [0.3, 0.4) is 0 Å². The Morgan fingerprint density at radius 3 is 2.10 bits per heavy atom. The van der Waals surface area contributed by atoms with Crippen LogP contribution in [0.2, 0.25) is 0 Å². The molecule has 0 spiro atoms. The molecule has 0 aromatic carbocycles. The van der Waals surface area contributed by atoms with Crippen molar-refractivity contribution in [3.8, 4) is 0 Å². The SMILES string of the molecule is CCC1OC1N(CC)CC. The normalized spacial score (nSPS) is 31.2. The molecule has 0 amide bonds. The Morgan fingerprint density at radius 1 is 1.20 bits per heavy atom. The van der Waals surface area contributed by atoms with E-state index in [-0.39, 0.29) is 0 Å². The van der Waals surface area contributed by atoms with Crippen molar-refractivity contribution >= 4 is 0 Å². The lowest BCUT2D eigenvalue weighted by atomic mass is 10.3. The monoisotopic (exact) mass is 143 g/mol. The molecule has 0 aromatic rings. The molecule has 2 unspecified atom stereocenters. The molecular formula is C8H17NO. The van der Waals surface area contributed by atoms with Crippen LogP contribution in [0.15, 0.2) is 0 Å². The van der Waals surface area contributed by atoms with E-state index < -0.39 is 0 Å². The van der Waals surface area contributed by atoms with E-state index in [4.69, 9.17) is 4.74 Å². The van der Waals surface area contributed by atoms with E-state index in [2.05, 4.69) is 25.7 Å². The highest BCUT2D eigenvalue weighted by atomic mass is 16.6. The molecule has 0 bridgehead atoms. The number of epoxide rings is 1. The van der Waals surface area contributed by atoms with Gasteiger partial charge in [-0.3, -0.25) is 4.90 Å². The second-order valence-corrected chi connectivity index (χ2v) is 2.69. The zero-order valence-corrected chi connectivity index (χ0v) is 7.13. The molecule has 0 radical (unpaired) electrons. The van der Waals surface area contributed by atoms with Gasteiger partial charge in [0.05, 0.1) is 6.10 Å². The maximum absolute atomic E-state index is 5.44. The van der Waals surface area contributed by atoms with Crippen molar-refractivity contribution in [1.82, 2.24) is 4.90 Å². The molecule has 2 atom stereocenters.